The maximum atomic E-state index is 11.6. The van der Waals surface area contributed by atoms with Crippen molar-refractivity contribution in [3.05, 3.63) is 25.3 Å². The van der Waals surface area contributed by atoms with Gasteiger partial charge in [0.1, 0.15) is 11.7 Å². The van der Waals surface area contributed by atoms with E-state index in [1.165, 1.54) is 7.11 Å². The highest BCUT2D eigenvalue weighted by Gasteiger charge is 2.24. The summed E-state index contributed by atoms with van der Waals surface area (Å²) in [6, 6.07) is 0. The number of carbonyl (C=O) groups excluding carboxylic acids is 2. The number of carbonyl (C=O) groups is 2. The van der Waals surface area contributed by atoms with Crippen molar-refractivity contribution in [2.75, 3.05) is 7.11 Å². The summed E-state index contributed by atoms with van der Waals surface area (Å²) >= 11 is 0. The molecule has 0 aliphatic carbocycles. The molecule has 15 heavy (non-hydrogen) atoms. The highest BCUT2D eigenvalue weighted by molar-refractivity contribution is 5.99. The van der Waals surface area contributed by atoms with Gasteiger partial charge in [-0.25, -0.2) is 0 Å². The number of unbranched alkanes of at least 4 members (excludes halogenated alkanes) is 1. The van der Waals surface area contributed by atoms with Gasteiger partial charge in [-0.3, -0.25) is 9.59 Å². The zero-order valence-corrected chi connectivity index (χ0v) is 9.20. The fourth-order valence-corrected chi connectivity index (χ4v) is 1.26. The van der Waals surface area contributed by atoms with Gasteiger partial charge in [0.2, 0.25) is 0 Å². The van der Waals surface area contributed by atoms with Gasteiger partial charge >= 0.3 is 5.97 Å². The largest absolute Gasteiger partial charge is 0.468 e. The van der Waals surface area contributed by atoms with Crippen LogP contribution in [0, 0.1) is 5.92 Å². The van der Waals surface area contributed by atoms with E-state index in [1.807, 2.05) is 0 Å². The van der Waals surface area contributed by atoms with Crippen LogP contribution in [0.2, 0.25) is 0 Å². The molecule has 0 aromatic rings. The second kappa shape index (κ2) is 7.97. The summed E-state index contributed by atoms with van der Waals surface area (Å²) in [6.07, 6.45) is 5.57. The van der Waals surface area contributed by atoms with Crippen molar-refractivity contribution in [1.82, 2.24) is 0 Å². The quantitative estimate of drug-likeness (QED) is 0.267. The van der Waals surface area contributed by atoms with E-state index in [0.29, 0.717) is 12.8 Å². The summed E-state index contributed by atoms with van der Waals surface area (Å²) in [5.41, 5.74) is 0. The highest BCUT2D eigenvalue weighted by Crippen LogP contribution is 2.12. The topological polar surface area (TPSA) is 43.4 Å². The third-order valence-electron chi connectivity index (χ3n) is 2.11. The Morgan fingerprint density at radius 2 is 2.00 bits per heavy atom. The number of methoxy groups -OCH3 is 1. The summed E-state index contributed by atoms with van der Waals surface area (Å²) in [5.74, 6) is -1.24. The van der Waals surface area contributed by atoms with Crippen molar-refractivity contribution in [3.8, 4) is 0 Å². The van der Waals surface area contributed by atoms with Gasteiger partial charge in [-0.1, -0.05) is 12.2 Å². The second-order valence-corrected chi connectivity index (χ2v) is 3.25. The summed E-state index contributed by atoms with van der Waals surface area (Å²) < 4.78 is 4.56. The Morgan fingerprint density at radius 3 is 2.47 bits per heavy atom. The van der Waals surface area contributed by atoms with Gasteiger partial charge in [0.25, 0.3) is 0 Å². The number of hydrogen-bond acceptors (Lipinski definition) is 3. The first-order valence-electron chi connectivity index (χ1n) is 4.99. The molecule has 0 bridgehead atoms. The van der Waals surface area contributed by atoms with Crippen molar-refractivity contribution < 1.29 is 14.3 Å². The fraction of sp³-hybridized carbons (Fsp3) is 0.500. The van der Waals surface area contributed by atoms with E-state index < -0.39 is 11.9 Å². The van der Waals surface area contributed by atoms with Gasteiger partial charge in [-0.05, 0) is 19.3 Å². The molecule has 0 amide bonds. The molecule has 0 spiro atoms. The van der Waals surface area contributed by atoms with Crippen molar-refractivity contribution in [3.63, 3.8) is 0 Å². The molecule has 0 saturated carbocycles. The molecule has 1 atom stereocenters. The zero-order chi connectivity index (χ0) is 11.7. The number of ether oxygens (including phenoxy) is 1. The van der Waals surface area contributed by atoms with E-state index in [0.717, 1.165) is 12.8 Å². The Labute approximate surface area is 90.8 Å². The van der Waals surface area contributed by atoms with E-state index in [4.69, 9.17) is 0 Å². The lowest BCUT2D eigenvalue weighted by Gasteiger charge is -2.10. The molecular formula is C12H18O3. The predicted molar refractivity (Wildman–Crippen MR) is 59.4 cm³/mol. The van der Waals surface area contributed by atoms with E-state index >= 15 is 0 Å². The molecule has 3 heteroatoms. The molecule has 0 aliphatic rings. The number of ketones is 1. The minimum absolute atomic E-state index is 0.0800. The lowest BCUT2D eigenvalue weighted by molar-refractivity contribution is -0.149. The first kappa shape index (κ1) is 13.6. The van der Waals surface area contributed by atoms with Crippen molar-refractivity contribution in [1.29, 1.82) is 0 Å². The summed E-state index contributed by atoms with van der Waals surface area (Å²) in [7, 11) is 1.29. The Hall–Kier alpha value is -1.38. The fourth-order valence-electron chi connectivity index (χ4n) is 1.26. The summed E-state index contributed by atoms with van der Waals surface area (Å²) in [5, 5.41) is 0. The van der Waals surface area contributed by atoms with Gasteiger partial charge < -0.3 is 4.74 Å². The second-order valence-electron chi connectivity index (χ2n) is 3.25. The Kier molecular flexibility index (Phi) is 7.24. The number of allylic oxidation sites excluding steroid dienone is 2. The first-order valence-corrected chi connectivity index (χ1v) is 4.99. The van der Waals surface area contributed by atoms with Crippen LogP contribution >= 0.6 is 0 Å². The van der Waals surface area contributed by atoms with Crippen LogP contribution in [0.15, 0.2) is 25.3 Å². The van der Waals surface area contributed by atoms with Crippen LogP contribution in [0.25, 0.3) is 0 Å². The molecule has 0 aromatic heterocycles. The normalized spacial score (nSPS) is 11.5. The number of rotatable bonds is 8. The molecule has 0 saturated heterocycles. The van der Waals surface area contributed by atoms with E-state index in [9.17, 15) is 9.59 Å². The van der Waals surface area contributed by atoms with Crippen LogP contribution in [0.4, 0.5) is 0 Å². The predicted octanol–water partition coefficient (Wildman–Crippen LogP) is 2.28. The number of esters is 1. The van der Waals surface area contributed by atoms with E-state index in [-0.39, 0.29) is 5.78 Å². The van der Waals surface area contributed by atoms with Gasteiger partial charge in [0.05, 0.1) is 7.11 Å². The molecule has 0 fully saturated rings. The van der Waals surface area contributed by atoms with Crippen LogP contribution in [0.5, 0.6) is 0 Å². The van der Waals surface area contributed by atoms with Crippen LogP contribution in [-0.2, 0) is 14.3 Å². The van der Waals surface area contributed by atoms with Crippen LogP contribution in [-0.4, -0.2) is 18.9 Å². The summed E-state index contributed by atoms with van der Waals surface area (Å²) in [6.45, 7) is 7.09. The van der Waals surface area contributed by atoms with Crippen LogP contribution in [0.3, 0.4) is 0 Å². The SMILES string of the molecule is C=CCCCC(=O)C(CC=C)C(=O)OC. The molecule has 0 heterocycles. The molecule has 0 aliphatic heterocycles. The van der Waals surface area contributed by atoms with E-state index in [2.05, 4.69) is 17.9 Å². The molecular weight excluding hydrogens is 192 g/mol. The molecule has 0 radical (unpaired) electrons. The van der Waals surface area contributed by atoms with Gasteiger partial charge in [-0.15, -0.1) is 13.2 Å². The van der Waals surface area contributed by atoms with Crippen molar-refractivity contribution >= 4 is 11.8 Å². The molecule has 0 rings (SSSR count). The average molecular weight is 210 g/mol. The summed E-state index contributed by atoms with van der Waals surface area (Å²) in [4.78, 5) is 22.9. The third-order valence-corrected chi connectivity index (χ3v) is 2.11. The van der Waals surface area contributed by atoms with Crippen LogP contribution < -0.4 is 0 Å². The van der Waals surface area contributed by atoms with Gasteiger partial charge in [0.15, 0.2) is 0 Å². The highest BCUT2D eigenvalue weighted by atomic mass is 16.5. The minimum Gasteiger partial charge on any atom is -0.468 e. The standard InChI is InChI=1S/C12H18O3/c1-4-6-7-9-11(13)10(8-5-2)12(14)15-3/h4-5,10H,1-2,6-9H2,3H3. The molecule has 0 aromatic carbocycles. The maximum absolute atomic E-state index is 11.6. The van der Waals surface area contributed by atoms with Crippen molar-refractivity contribution in [2.24, 2.45) is 5.92 Å². The monoisotopic (exact) mass is 210 g/mol. The third kappa shape index (κ3) is 5.15. The molecule has 1 unspecified atom stereocenters. The number of Topliss-reactive ketones (excluding diaryl/α,β-unsaturated/α-hetero) is 1. The molecule has 84 valence electrons. The van der Waals surface area contributed by atoms with Gasteiger partial charge in [0, 0.05) is 6.42 Å². The lowest BCUT2D eigenvalue weighted by atomic mass is 9.96. The zero-order valence-electron chi connectivity index (χ0n) is 9.20. The smallest absolute Gasteiger partial charge is 0.316 e. The van der Waals surface area contributed by atoms with Crippen LogP contribution in [0.1, 0.15) is 25.7 Å². The maximum Gasteiger partial charge on any atom is 0.316 e. The lowest BCUT2D eigenvalue weighted by Crippen LogP contribution is -2.24. The molecule has 0 N–H and O–H groups in total. The van der Waals surface area contributed by atoms with Crippen molar-refractivity contribution in [2.45, 2.75) is 25.7 Å². The Morgan fingerprint density at radius 1 is 1.33 bits per heavy atom. The first-order chi connectivity index (χ1) is 7.17. The average Bonchev–Trinajstić information content (AvgIpc) is 2.25. The molecule has 3 nitrogen and oxygen atoms in total. The van der Waals surface area contributed by atoms with Gasteiger partial charge in [-0.2, -0.15) is 0 Å². The Balaban J connectivity index is 4.21. The minimum atomic E-state index is -0.683. The Bertz CT molecular complexity index is 243. The van der Waals surface area contributed by atoms with E-state index in [1.54, 1.807) is 12.2 Å². The number of hydrogen-bond donors (Lipinski definition) is 0.